The third-order valence-electron chi connectivity index (χ3n) is 2.99. The summed E-state index contributed by atoms with van der Waals surface area (Å²) in [4.78, 5) is 0. The van der Waals surface area contributed by atoms with Crippen molar-refractivity contribution in [2.24, 2.45) is 0 Å². The summed E-state index contributed by atoms with van der Waals surface area (Å²) >= 11 is 5.88. The van der Waals surface area contributed by atoms with Crippen molar-refractivity contribution in [1.82, 2.24) is 5.32 Å². The first kappa shape index (κ1) is 13.8. The largest absolute Gasteiger partial charge is 0.508 e. The van der Waals surface area contributed by atoms with Crippen LogP contribution in [0.15, 0.2) is 42.5 Å². The van der Waals surface area contributed by atoms with Crippen molar-refractivity contribution >= 4 is 11.6 Å². The number of hydrogen-bond acceptors (Lipinski definition) is 2. The van der Waals surface area contributed by atoms with Gasteiger partial charge >= 0.3 is 0 Å². The molecule has 0 fully saturated rings. The van der Waals surface area contributed by atoms with Gasteiger partial charge in [-0.2, -0.15) is 0 Å². The molecule has 2 N–H and O–H groups in total. The SMILES string of the molecule is C[C@H](NCc1cc(Cl)ccc1O)c1cccc(F)c1. The molecule has 0 aliphatic rings. The Morgan fingerprint density at radius 3 is 2.79 bits per heavy atom. The van der Waals surface area contributed by atoms with Gasteiger partial charge in [-0.3, -0.25) is 0 Å². The zero-order chi connectivity index (χ0) is 13.8. The monoisotopic (exact) mass is 279 g/mol. The van der Waals surface area contributed by atoms with Crippen LogP contribution in [0, 0.1) is 5.82 Å². The Labute approximate surface area is 116 Å². The first-order valence-corrected chi connectivity index (χ1v) is 6.40. The van der Waals surface area contributed by atoms with Crippen LogP contribution in [-0.2, 0) is 6.54 Å². The first-order chi connectivity index (χ1) is 9.06. The molecule has 4 heteroatoms. The normalized spacial score (nSPS) is 12.4. The van der Waals surface area contributed by atoms with Crippen LogP contribution in [0.3, 0.4) is 0 Å². The highest BCUT2D eigenvalue weighted by molar-refractivity contribution is 6.30. The van der Waals surface area contributed by atoms with E-state index in [2.05, 4.69) is 5.32 Å². The molecular formula is C15H15ClFNO. The van der Waals surface area contributed by atoms with Crippen LogP contribution in [0.2, 0.25) is 5.02 Å². The highest BCUT2D eigenvalue weighted by atomic mass is 35.5. The number of nitrogens with one attached hydrogen (secondary N) is 1. The van der Waals surface area contributed by atoms with Crippen molar-refractivity contribution in [3.8, 4) is 5.75 Å². The zero-order valence-electron chi connectivity index (χ0n) is 10.5. The number of aromatic hydroxyl groups is 1. The number of halogens is 2. The minimum atomic E-state index is -0.253. The maximum absolute atomic E-state index is 13.1. The predicted octanol–water partition coefficient (Wildman–Crippen LogP) is 4.04. The molecule has 0 unspecified atom stereocenters. The van der Waals surface area contributed by atoms with Gasteiger partial charge in [0, 0.05) is 23.2 Å². The Bertz CT molecular complexity index is 574. The van der Waals surface area contributed by atoms with Crippen LogP contribution >= 0.6 is 11.6 Å². The Hall–Kier alpha value is -1.58. The van der Waals surface area contributed by atoms with Crippen LogP contribution in [0.25, 0.3) is 0 Å². The van der Waals surface area contributed by atoms with Gasteiger partial charge in [0.1, 0.15) is 11.6 Å². The smallest absolute Gasteiger partial charge is 0.123 e. The highest BCUT2D eigenvalue weighted by Gasteiger charge is 2.08. The molecule has 0 saturated heterocycles. The van der Waals surface area contributed by atoms with Gasteiger partial charge in [-0.15, -0.1) is 0 Å². The lowest BCUT2D eigenvalue weighted by molar-refractivity contribution is 0.460. The van der Waals surface area contributed by atoms with Gasteiger partial charge in [0.15, 0.2) is 0 Å². The summed E-state index contributed by atoms with van der Waals surface area (Å²) in [6.45, 7) is 2.40. The number of phenols is 1. The van der Waals surface area contributed by atoms with Gasteiger partial charge in [-0.25, -0.2) is 4.39 Å². The molecule has 2 rings (SSSR count). The third kappa shape index (κ3) is 3.69. The molecule has 0 aliphatic carbocycles. The van der Waals surface area contributed by atoms with Crippen molar-refractivity contribution in [2.75, 3.05) is 0 Å². The average molecular weight is 280 g/mol. The molecule has 100 valence electrons. The minimum absolute atomic E-state index is 0.0194. The molecule has 19 heavy (non-hydrogen) atoms. The molecule has 1 atom stereocenters. The van der Waals surface area contributed by atoms with E-state index in [9.17, 15) is 9.50 Å². The molecule has 0 aliphatic heterocycles. The number of benzene rings is 2. The first-order valence-electron chi connectivity index (χ1n) is 6.02. The van der Waals surface area contributed by atoms with Gasteiger partial charge in [0.25, 0.3) is 0 Å². The number of hydrogen-bond donors (Lipinski definition) is 2. The molecule has 2 aromatic carbocycles. The maximum atomic E-state index is 13.1. The van der Waals surface area contributed by atoms with E-state index >= 15 is 0 Å². The van der Waals surface area contributed by atoms with E-state index in [1.807, 2.05) is 13.0 Å². The Kier molecular flexibility index (Phi) is 4.40. The fourth-order valence-corrected chi connectivity index (χ4v) is 2.05. The fraction of sp³-hybridized carbons (Fsp3) is 0.200. The van der Waals surface area contributed by atoms with Crippen LogP contribution < -0.4 is 5.32 Å². The lowest BCUT2D eigenvalue weighted by Gasteiger charge is -2.15. The lowest BCUT2D eigenvalue weighted by atomic mass is 10.1. The number of rotatable bonds is 4. The van der Waals surface area contributed by atoms with E-state index in [0.29, 0.717) is 11.6 Å². The molecule has 2 nitrogen and oxygen atoms in total. The number of phenolic OH excluding ortho intramolecular Hbond substituents is 1. The van der Waals surface area contributed by atoms with Crippen molar-refractivity contribution < 1.29 is 9.50 Å². The van der Waals surface area contributed by atoms with Crippen LogP contribution in [0.1, 0.15) is 24.1 Å². The second-order valence-electron chi connectivity index (χ2n) is 4.43. The van der Waals surface area contributed by atoms with Crippen molar-refractivity contribution in [2.45, 2.75) is 19.5 Å². The Morgan fingerprint density at radius 2 is 2.05 bits per heavy atom. The summed E-state index contributed by atoms with van der Waals surface area (Å²) in [7, 11) is 0. The standard InChI is InChI=1S/C15H15ClFNO/c1-10(11-3-2-4-14(17)8-11)18-9-12-7-13(16)5-6-15(12)19/h2-8,10,18-19H,9H2,1H3/t10-/m0/s1. The summed E-state index contributed by atoms with van der Waals surface area (Å²) in [5.74, 6) is -0.0555. The molecule has 2 aromatic rings. The highest BCUT2D eigenvalue weighted by Crippen LogP contribution is 2.22. The van der Waals surface area contributed by atoms with Crippen molar-refractivity contribution in [1.29, 1.82) is 0 Å². The molecular weight excluding hydrogens is 265 g/mol. The molecule has 0 amide bonds. The van der Waals surface area contributed by atoms with Crippen LogP contribution in [0.4, 0.5) is 4.39 Å². The van der Waals surface area contributed by atoms with Crippen molar-refractivity contribution in [3.63, 3.8) is 0 Å². The molecule has 0 saturated carbocycles. The second-order valence-corrected chi connectivity index (χ2v) is 4.87. The molecule has 0 spiro atoms. The molecule has 0 bridgehead atoms. The Morgan fingerprint density at radius 1 is 1.26 bits per heavy atom. The van der Waals surface area contributed by atoms with Crippen LogP contribution in [0.5, 0.6) is 5.75 Å². The minimum Gasteiger partial charge on any atom is -0.508 e. The van der Waals surface area contributed by atoms with E-state index in [4.69, 9.17) is 11.6 Å². The van der Waals surface area contributed by atoms with E-state index in [1.54, 1.807) is 24.3 Å². The Balaban J connectivity index is 2.04. The topological polar surface area (TPSA) is 32.3 Å². The van der Waals surface area contributed by atoms with Gasteiger partial charge in [0.2, 0.25) is 0 Å². The third-order valence-corrected chi connectivity index (χ3v) is 3.22. The lowest BCUT2D eigenvalue weighted by Crippen LogP contribution is -2.18. The zero-order valence-corrected chi connectivity index (χ0v) is 11.3. The summed E-state index contributed by atoms with van der Waals surface area (Å²) in [6.07, 6.45) is 0. The summed E-state index contributed by atoms with van der Waals surface area (Å²) in [5.41, 5.74) is 1.58. The second kappa shape index (κ2) is 6.04. The van der Waals surface area contributed by atoms with Gasteiger partial charge in [0.05, 0.1) is 0 Å². The summed E-state index contributed by atoms with van der Waals surface area (Å²) in [6, 6.07) is 11.3. The molecule has 0 heterocycles. The average Bonchev–Trinajstić information content (AvgIpc) is 2.39. The fourth-order valence-electron chi connectivity index (χ4n) is 1.85. The summed E-state index contributed by atoms with van der Waals surface area (Å²) < 4.78 is 13.1. The quantitative estimate of drug-likeness (QED) is 0.885. The van der Waals surface area contributed by atoms with E-state index in [-0.39, 0.29) is 17.6 Å². The molecule has 0 radical (unpaired) electrons. The molecule has 0 aromatic heterocycles. The summed E-state index contributed by atoms with van der Waals surface area (Å²) in [5, 5.41) is 13.5. The predicted molar refractivity (Wildman–Crippen MR) is 74.8 cm³/mol. The maximum Gasteiger partial charge on any atom is 0.123 e. The van der Waals surface area contributed by atoms with Crippen molar-refractivity contribution in [3.05, 3.63) is 64.4 Å². The van der Waals surface area contributed by atoms with Crippen LogP contribution in [-0.4, -0.2) is 5.11 Å². The van der Waals surface area contributed by atoms with E-state index in [0.717, 1.165) is 11.1 Å². The van der Waals surface area contributed by atoms with E-state index in [1.165, 1.54) is 12.1 Å². The van der Waals surface area contributed by atoms with Gasteiger partial charge in [-0.1, -0.05) is 23.7 Å². The van der Waals surface area contributed by atoms with Gasteiger partial charge in [-0.05, 0) is 42.8 Å². The van der Waals surface area contributed by atoms with E-state index < -0.39 is 0 Å². The van der Waals surface area contributed by atoms with Gasteiger partial charge < -0.3 is 10.4 Å².